The second-order valence-corrected chi connectivity index (χ2v) is 4.87. The predicted octanol–water partition coefficient (Wildman–Crippen LogP) is 1.55. The topological polar surface area (TPSA) is 56.1 Å². The number of nitrogens with one attached hydrogen (secondary N) is 1. The van der Waals surface area contributed by atoms with E-state index in [0.717, 1.165) is 12.1 Å². The van der Waals surface area contributed by atoms with Crippen molar-refractivity contribution in [2.75, 3.05) is 18.0 Å². The van der Waals surface area contributed by atoms with E-state index in [9.17, 15) is 13.6 Å². The zero-order valence-corrected chi connectivity index (χ0v) is 10.6. The van der Waals surface area contributed by atoms with E-state index in [-0.39, 0.29) is 17.2 Å². The van der Waals surface area contributed by atoms with Crippen LogP contribution in [0.3, 0.4) is 0 Å². The lowest BCUT2D eigenvalue weighted by Crippen LogP contribution is -2.62. The highest BCUT2D eigenvalue weighted by Crippen LogP contribution is 2.31. The van der Waals surface area contributed by atoms with Gasteiger partial charge in [0, 0.05) is 13.1 Å². The third-order valence-electron chi connectivity index (χ3n) is 3.27. The highest BCUT2D eigenvalue weighted by atomic mass is 19.1. The molecule has 1 amide bonds. The van der Waals surface area contributed by atoms with Crippen molar-refractivity contribution in [1.82, 2.24) is 5.32 Å². The Hall–Kier alpha value is -2.16. The van der Waals surface area contributed by atoms with Crippen molar-refractivity contribution in [2.24, 2.45) is 0 Å². The molecule has 0 atom stereocenters. The van der Waals surface area contributed by atoms with Crippen molar-refractivity contribution in [1.29, 1.82) is 5.26 Å². The molecule has 1 aromatic rings. The van der Waals surface area contributed by atoms with Crippen LogP contribution in [0.4, 0.5) is 14.5 Å². The van der Waals surface area contributed by atoms with Gasteiger partial charge in [0.1, 0.15) is 11.2 Å². The van der Waals surface area contributed by atoms with Crippen molar-refractivity contribution in [2.45, 2.75) is 19.4 Å². The zero-order chi connectivity index (χ0) is 14.2. The largest absolute Gasteiger partial charge is 0.352 e. The normalized spacial score (nSPS) is 17.8. The molecule has 1 fully saturated rings. The van der Waals surface area contributed by atoms with Gasteiger partial charge in [-0.3, -0.25) is 4.79 Å². The lowest BCUT2D eigenvalue weighted by Gasteiger charge is -2.42. The Labute approximate surface area is 109 Å². The summed E-state index contributed by atoms with van der Waals surface area (Å²) < 4.78 is 28.0. The van der Waals surface area contributed by atoms with Crippen LogP contribution in [-0.2, 0) is 4.79 Å². The standard InChI is InChI=1S/C13H13F2N3O/c1-13(2)12(19)17-3-4-18(13)11-9(14)5-8(7-16)6-10(11)15/h5-6H,3-4H2,1-2H3,(H,17,19). The van der Waals surface area contributed by atoms with Crippen molar-refractivity contribution < 1.29 is 13.6 Å². The number of carbonyl (C=O) groups is 1. The summed E-state index contributed by atoms with van der Waals surface area (Å²) in [5.41, 5.74) is -1.40. The van der Waals surface area contributed by atoms with Gasteiger partial charge < -0.3 is 10.2 Å². The van der Waals surface area contributed by atoms with E-state index in [0.29, 0.717) is 13.1 Å². The Bertz CT molecular complexity index is 555. The molecule has 1 heterocycles. The minimum atomic E-state index is -1.05. The van der Waals surface area contributed by atoms with Gasteiger partial charge in [-0.1, -0.05) is 0 Å². The van der Waals surface area contributed by atoms with Crippen molar-refractivity contribution in [3.8, 4) is 6.07 Å². The summed E-state index contributed by atoms with van der Waals surface area (Å²) in [6.07, 6.45) is 0. The maximum atomic E-state index is 14.0. The molecule has 1 aliphatic heterocycles. The maximum Gasteiger partial charge on any atom is 0.245 e. The third-order valence-corrected chi connectivity index (χ3v) is 3.27. The fourth-order valence-corrected chi connectivity index (χ4v) is 2.18. The van der Waals surface area contributed by atoms with Gasteiger partial charge in [0.15, 0.2) is 11.6 Å². The lowest BCUT2D eigenvalue weighted by molar-refractivity contribution is -0.126. The van der Waals surface area contributed by atoms with E-state index in [2.05, 4.69) is 5.32 Å². The average Bonchev–Trinajstić information content (AvgIpc) is 2.33. The van der Waals surface area contributed by atoms with Crippen molar-refractivity contribution >= 4 is 11.6 Å². The molecule has 1 saturated heterocycles. The summed E-state index contributed by atoms with van der Waals surface area (Å²) in [4.78, 5) is 13.2. The van der Waals surface area contributed by atoms with E-state index < -0.39 is 17.2 Å². The molecule has 0 aromatic heterocycles. The minimum Gasteiger partial charge on any atom is -0.352 e. The van der Waals surface area contributed by atoms with E-state index in [4.69, 9.17) is 5.26 Å². The number of carbonyl (C=O) groups excluding carboxylic acids is 1. The van der Waals surface area contributed by atoms with Gasteiger partial charge in [-0.25, -0.2) is 8.78 Å². The van der Waals surface area contributed by atoms with Gasteiger partial charge in [-0.2, -0.15) is 5.26 Å². The van der Waals surface area contributed by atoms with Gasteiger partial charge >= 0.3 is 0 Å². The molecular weight excluding hydrogens is 252 g/mol. The summed E-state index contributed by atoms with van der Waals surface area (Å²) in [5, 5.41) is 11.3. The number of halogens is 2. The lowest BCUT2D eigenvalue weighted by atomic mass is 9.97. The van der Waals surface area contributed by atoms with Crippen LogP contribution in [-0.4, -0.2) is 24.5 Å². The molecule has 0 saturated carbocycles. The first-order chi connectivity index (χ1) is 8.87. The molecule has 19 heavy (non-hydrogen) atoms. The fourth-order valence-electron chi connectivity index (χ4n) is 2.18. The van der Waals surface area contributed by atoms with Gasteiger partial charge in [0.2, 0.25) is 5.91 Å². The molecule has 2 rings (SSSR count). The van der Waals surface area contributed by atoms with Crippen LogP contribution in [0.15, 0.2) is 12.1 Å². The first kappa shape index (κ1) is 13.3. The van der Waals surface area contributed by atoms with E-state index in [1.807, 2.05) is 0 Å². The Morgan fingerprint density at radius 2 is 1.95 bits per heavy atom. The summed E-state index contributed by atoms with van der Waals surface area (Å²) in [5.74, 6) is -1.96. The second kappa shape index (κ2) is 4.50. The smallest absolute Gasteiger partial charge is 0.245 e. The van der Waals surface area contributed by atoms with Gasteiger partial charge in [-0.05, 0) is 26.0 Å². The molecule has 0 spiro atoms. The second-order valence-electron chi connectivity index (χ2n) is 4.87. The number of rotatable bonds is 1. The molecule has 100 valence electrons. The van der Waals surface area contributed by atoms with Crippen LogP contribution in [0.5, 0.6) is 0 Å². The predicted molar refractivity (Wildman–Crippen MR) is 65.5 cm³/mol. The summed E-state index contributed by atoms with van der Waals surface area (Å²) in [6.45, 7) is 3.82. The quantitative estimate of drug-likeness (QED) is 0.838. The number of anilines is 1. The maximum absolute atomic E-state index is 14.0. The number of piperazine rings is 1. The molecular formula is C13H13F2N3O. The number of hydrogen-bond donors (Lipinski definition) is 1. The van der Waals surface area contributed by atoms with E-state index in [1.54, 1.807) is 19.9 Å². The van der Waals surface area contributed by atoms with Crippen LogP contribution >= 0.6 is 0 Å². The zero-order valence-electron chi connectivity index (χ0n) is 10.6. The Morgan fingerprint density at radius 1 is 1.37 bits per heavy atom. The molecule has 1 aliphatic rings. The number of benzene rings is 1. The van der Waals surface area contributed by atoms with Crippen LogP contribution < -0.4 is 10.2 Å². The highest BCUT2D eigenvalue weighted by Gasteiger charge is 2.40. The summed E-state index contributed by atoms with van der Waals surface area (Å²) in [6, 6.07) is 3.64. The first-order valence-corrected chi connectivity index (χ1v) is 5.83. The Balaban J connectivity index is 2.53. The van der Waals surface area contributed by atoms with Crippen molar-refractivity contribution in [3.05, 3.63) is 29.3 Å². The SMILES string of the molecule is CC1(C)C(=O)NCCN1c1c(F)cc(C#N)cc1F. The van der Waals surface area contributed by atoms with Crippen LogP contribution in [0.1, 0.15) is 19.4 Å². The van der Waals surface area contributed by atoms with Crippen LogP contribution in [0, 0.1) is 23.0 Å². The van der Waals surface area contributed by atoms with Crippen LogP contribution in [0.25, 0.3) is 0 Å². The fraction of sp³-hybridized carbons (Fsp3) is 0.385. The number of hydrogen-bond acceptors (Lipinski definition) is 3. The van der Waals surface area contributed by atoms with Crippen molar-refractivity contribution in [3.63, 3.8) is 0 Å². The molecule has 1 aromatic carbocycles. The Kier molecular flexibility index (Phi) is 3.14. The average molecular weight is 265 g/mol. The molecule has 0 unspecified atom stereocenters. The van der Waals surface area contributed by atoms with Crippen LogP contribution in [0.2, 0.25) is 0 Å². The van der Waals surface area contributed by atoms with Gasteiger partial charge in [0.05, 0.1) is 11.6 Å². The third kappa shape index (κ3) is 2.12. The number of nitrogens with zero attached hydrogens (tertiary/aromatic N) is 2. The molecule has 6 heteroatoms. The van der Waals surface area contributed by atoms with Gasteiger partial charge in [0.25, 0.3) is 0 Å². The number of nitriles is 1. The highest BCUT2D eigenvalue weighted by molar-refractivity contribution is 5.90. The first-order valence-electron chi connectivity index (χ1n) is 5.83. The molecule has 4 nitrogen and oxygen atoms in total. The Morgan fingerprint density at radius 3 is 2.47 bits per heavy atom. The summed E-state index contributed by atoms with van der Waals surface area (Å²) >= 11 is 0. The summed E-state index contributed by atoms with van der Waals surface area (Å²) in [7, 11) is 0. The number of amides is 1. The molecule has 0 aliphatic carbocycles. The van der Waals surface area contributed by atoms with Gasteiger partial charge in [-0.15, -0.1) is 0 Å². The monoisotopic (exact) mass is 265 g/mol. The molecule has 0 bridgehead atoms. The molecule has 1 N–H and O–H groups in total. The van der Waals surface area contributed by atoms with E-state index in [1.165, 1.54) is 4.90 Å². The molecule has 0 radical (unpaired) electrons. The van der Waals surface area contributed by atoms with E-state index >= 15 is 0 Å². The minimum absolute atomic E-state index is 0.0852.